The van der Waals surface area contributed by atoms with E-state index in [1.807, 2.05) is 0 Å². The van der Waals surface area contributed by atoms with Gasteiger partial charge in [-0.3, -0.25) is 14.4 Å². The van der Waals surface area contributed by atoms with E-state index < -0.39 is 6.10 Å². The van der Waals surface area contributed by atoms with Gasteiger partial charge in [-0.05, 0) is 128 Å². The van der Waals surface area contributed by atoms with Crippen LogP contribution in [-0.4, -0.2) is 37.2 Å². The van der Waals surface area contributed by atoms with Crippen molar-refractivity contribution in [1.29, 1.82) is 0 Å². The summed E-state index contributed by atoms with van der Waals surface area (Å²) in [4.78, 5) is 38.3. The first-order valence-corrected chi connectivity index (χ1v) is 33.0. The summed E-state index contributed by atoms with van der Waals surface area (Å²) in [5.74, 6) is -0.952. The van der Waals surface area contributed by atoms with Gasteiger partial charge in [-0.2, -0.15) is 0 Å². The molecule has 0 rings (SSSR count). The predicted molar refractivity (Wildman–Crippen MR) is 352 cm³/mol. The van der Waals surface area contributed by atoms with E-state index >= 15 is 0 Å². The minimum Gasteiger partial charge on any atom is -0.462 e. The van der Waals surface area contributed by atoms with Crippen LogP contribution in [0.1, 0.15) is 278 Å². The fourth-order valence-corrected chi connectivity index (χ4v) is 8.66. The number of hydrogen-bond acceptors (Lipinski definition) is 6. The van der Waals surface area contributed by atoms with Gasteiger partial charge in [0, 0.05) is 19.3 Å². The molecule has 456 valence electrons. The van der Waals surface area contributed by atoms with Gasteiger partial charge in [0.1, 0.15) is 13.2 Å². The Morgan fingerprint density at radius 2 is 0.481 bits per heavy atom. The molecule has 0 aliphatic rings. The van der Waals surface area contributed by atoms with E-state index in [4.69, 9.17) is 14.2 Å². The highest BCUT2D eigenvalue weighted by atomic mass is 16.6. The van der Waals surface area contributed by atoms with E-state index in [0.717, 1.165) is 141 Å². The van der Waals surface area contributed by atoms with Crippen LogP contribution in [-0.2, 0) is 28.6 Å². The summed E-state index contributed by atoms with van der Waals surface area (Å²) in [5, 5.41) is 0. The number of carbonyl (C=O) groups excluding carboxylic acids is 3. The molecule has 0 aliphatic heterocycles. The molecule has 0 saturated carbocycles. The van der Waals surface area contributed by atoms with Gasteiger partial charge in [0.25, 0.3) is 0 Å². The summed E-state index contributed by atoms with van der Waals surface area (Å²) in [7, 11) is 0. The molecule has 0 aliphatic carbocycles. The maximum atomic E-state index is 12.9. The lowest BCUT2D eigenvalue weighted by Gasteiger charge is -2.18. The molecule has 81 heavy (non-hydrogen) atoms. The van der Waals surface area contributed by atoms with Crippen LogP contribution in [0.4, 0.5) is 0 Å². The Bertz CT molecular complexity index is 1810. The molecule has 0 spiro atoms. The third-order valence-electron chi connectivity index (χ3n) is 13.5. The van der Waals surface area contributed by atoms with Crippen LogP contribution in [0.2, 0.25) is 0 Å². The van der Waals surface area contributed by atoms with Crippen LogP contribution in [0.25, 0.3) is 0 Å². The van der Waals surface area contributed by atoms with E-state index in [1.165, 1.54) is 89.9 Å². The molecule has 6 nitrogen and oxygen atoms in total. The summed E-state index contributed by atoms with van der Waals surface area (Å²) in [6.45, 7) is 6.37. The zero-order valence-corrected chi connectivity index (χ0v) is 52.2. The highest BCUT2D eigenvalue weighted by Crippen LogP contribution is 2.15. The van der Waals surface area contributed by atoms with Crippen LogP contribution >= 0.6 is 0 Å². The first-order chi connectivity index (χ1) is 40.0. The molecule has 0 fully saturated rings. The largest absolute Gasteiger partial charge is 0.462 e. The van der Waals surface area contributed by atoms with Crippen molar-refractivity contribution in [2.24, 2.45) is 0 Å². The summed E-state index contributed by atoms with van der Waals surface area (Å²) in [6, 6.07) is 0. The van der Waals surface area contributed by atoms with Crippen LogP contribution in [0, 0.1) is 0 Å². The lowest BCUT2D eigenvalue weighted by Crippen LogP contribution is -2.30. The lowest BCUT2D eigenvalue weighted by molar-refractivity contribution is -0.167. The number of unbranched alkanes of at least 4 members (excludes halogenated alkanes) is 21. The van der Waals surface area contributed by atoms with E-state index in [2.05, 4.69) is 179 Å². The Kier molecular flexibility index (Phi) is 63.4. The Balaban J connectivity index is 4.41. The second-order valence-electron chi connectivity index (χ2n) is 21.3. The molecule has 0 aromatic heterocycles. The van der Waals surface area contributed by atoms with Crippen molar-refractivity contribution in [3.8, 4) is 0 Å². The molecule has 6 heteroatoms. The number of rotatable bonds is 58. The maximum absolute atomic E-state index is 12.9. The number of carbonyl (C=O) groups is 3. The highest BCUT2D eigenvalue weighted by molar-refractivity contribution is 5.71. The van der Waals surface area contributed by atoms with Gasteiger partial charge < -0.3 is 14.2 Å². The monoisotopic (exact) mass is 1120 g/mol. The van der Waals surface area contributed by atoms with Crippen molar-refractivity contribution in [2.45, 2.75) is 284 Å². The average molecular weight is 1120 g/mol. The second kappa shape index (κ2) is 67.5. The van der Waals surface area contributed by atoms with E-state index in [1.54, 1.807) is 0 Å². The standard InChI is InChI=1S/C75H120O6/c1-4-7-10-13-16-19-22-24-26-28-30-32-34-36-37-39-40-42-44-46-48-50-53-56-59-62-65-68-74(77)80-71-72(70-79-73(76)67-64-61-58-55-52-21-18-15-12-9-6-3)81-75(78)69-66-63-60-57-54-51-49-47-45-43-41-38-35-33-31-29-27-25-23-20-17-14-11-8-5-2/h7-8,10-11,16-17,19-20,24-27,30-33,36-38,40-42,46,48,53,56,72H,4-6,9,12-15,18,21-23,28-29,34-35,39,43-45,47,49-52,54-55,57-71H2,1-3H3/b10-7-,11-8-,19-16-,20-17-,26-24-,27-25-,32-30-,33-31-,37-36-,41-38-,42-40-,48-46-,56-53-. The van der Waals surface area contributed by atoms with Crippen LogP contribution in [0.3, 0.4) is 0 Å². The molecule has 0 bridgehead atoms. The second-order valence-corrected chi connectivity index (χ2v) is 21.3. The van der Waals surface area contributed by atoms with Gasteiger partial charge in [-0.25, -0.2) is 0 Å². The van der Waals surface area contributed by atoms with Crippen molar-refractivity contribution >= 4 is 17.9 Å². The average Bonchev–Trinajstić information content (AvgIpc) is 3.47. The van der Waals surface area contributed by atoms with Gasteiger partial charge in [-0.1, -0.05) is 288 Å². The molecular formula is C75H120O6. The summed E-state index contributed by atoms with van der Waals surface area (Å²) < 4.78 is 16.9. The van der Waals surface area contributed by atoms with Crippen LogP contribution in [0.5, 0.6) is 0 Å². The molecular weight excluding hydrogens is 997 g/mol. The molecule has 0 aromatic rings. The minimum absolute atomic E-state index is 0.0984. The van der Waals surface area contributed by atoms with Crippen LogP contribution < -0.4 is 0 Å². The van der Waals surface area contributed by atoms with E-state index in [0.29, 0.717) is 25.7 Å². The summed E-state index contributed by atoms with van der Waals surface area (Å²) in [5.41, 5.74) is 0. The zero-order valence-electron chi connectivity index (χ0n) is 52.2. The molecule has 0 radical (unpaired) electrons. The van der Waals surface area contributed by atoms with Gasteiger partial charge >= 0.3 is 17.9 Å². The molecule has 0 saturated heterocycles. The summed E-state index contributed by atoms with van der Waals surface area (Å²) >= 11 is 0. The Morgan fingerprint density at radius 3 is 0.778 bits per heavy atom. The third-order valence-corrected chi connectivity index (χ3v) is 13.5. The number of ether oxygens (including phenoxy) is 3. The van der Waals surface area contributed by atoms with Gasteiger partial charge in [0.05, 0.1) is 0 Å². The Morgan fingerprint density at radius 1 is 0.259 bits per heavy atom. The fourth-order valence-electron chi connectivity index (χ4n) is 8.66. The first kappa shape index (κ1) is 76.0. The SMILES string of the molecule is CC/C=C\C/C=C\C/C=C\C/C=C\C/C=C\C/C=C\C/C=C\C/C=C\CCCCC(=O)OCC(COC(=O)CCCCCCCCCCCCC)OC(=O)CCCCCCCCCCC/C=C\C/C=C\C/C=C\C/C=C\C/C=C\CC. The molecule has 1 atom stereocenters. The highest BCUT2D eigenvalue weighted by Gasteiger charge is 2.19. The maximum Gasteiger partial charge on any atom is 0.306 e. The van der Waals surface area contributed by atoms with Crippen molar-refractivity contribution in [3.05, 3.63) is 158 Å². The Hall–Kier alpha value is -4.97. The van der Waals surface area contributed by atoms with Crippen molar-refractivity contribution in [1.82, 2.24) is 0 Å². The van der Waals surface area contributed by atoms with Crippen molar-refractivity contribution in [3.63, 3.8) is 0 Å². The molecule has 0 amide bonds. The van der Waals surface area contributed by atoms with Crippen molar-refractivity contribution in [2.75, 3.05) is 13.2 Å². The number of allylic oxidation sites excluding steroid dienone is 26. The lowest BCUT2D eigenvalue weighted by atomic mass is 10.1. The topological polar surface area (TPSA) is 78.9 Å². The van der Waals surface area contributed by atoms with E-state index in [9.17, 15) is 14.4 Å². The van der Waals surface area contributed by atoms with Gasteiger partial charge in [0.15, 0.2) is 6.10 Å². The van der Waals surface area contributed by atoms with Gasteiger partial charge in [-0.15, -0.1) is 0 Å². The number of esters is 3. The van der Waals surface area contributed by atoms with Crippen LogP contribution in [0.15, 0.2) is 158 Å². The summed E-state index contributed by atoms with van der Waals surface area (Å²) in [6.07, 6.45) is 98.2. The first-order valence-electron chi connectivity index (χ1n) is 33.0. The zero-order chi connectivity index (χ0) is 58.5. The minimum atomic E-state index is -0.806. The quantitative estimate of drug-likeness (QED) is 0.0261. The third kappa shape index (κ3) is 65.7. The van der Waals surface area contributed by atoms with Gasteiger partial charge in [0.2, 0.25) is 0 Å². The molecule has 0 aromatic carbocycles. The molecule has 1 unspecified atom stereocenters. The fraction of sp³-hybridized carbons (Fsp3) is 0.613. The number of hydrogen-bond donors (Lipinski definition) is 0. The predicted octanol–water partition coefficient (Wildman–Crippen LogP) is 22.9. The van der Waals surface area contributed by atoms with E-state index in [-0.39, 0.29) is 31.1 Å². The normalized spacial score (nSPS) is 13.2. The Labute approximate surface area is 499 Å². The smallest absolute Gasteiger partial charge is 0.306 e. The van der Waals surface area contributed by atoms with Crippen molar-refractivity contribution < 1.29 is 28.6 Å². The molecule has 0 N–H and O–H groups in total. The molecule has 0 heterocycles.